The molecule has 0 bridgehead atoms. The fraction of sp³-hybridized carbons (Fsp3) is 0.391. The van der Waals surface area contributed by atoms with Crippen LogP contribution in [0.15, 0.2) is 36.4 Å². The minimum absolute atomic E-state index is 0.0467. The van der Waals surface area contributed by atoms with Gasteiger partial charge in [0.1, 0.15) is 12.4 Å². The Labute approximate surface area is 186 Å². The number of hydrogen-bond acceptors (Lipinski definition) is 7. The molecule has 172 valence electrons. The molecule has 2 aromatic carbocycles. The summed E-state index contributed by atoms with van der Waals surface area (Å²) in [5.41, 5.74) is 1.24. The van der Waals surface area contributed by atoms with Crippen LogP contribution in [0.1, 0.15) is 28.8 Å². The Morgan fingerprint density at radius 2 is 1.75 bits per heavy atom. The summed E-state index contributed by atoms with van der Waals surface area (Å²) in [6.45, 7) is 0.455. The minimum atomic E-state index is -0.720. The topological polar surface area (TPSA) is 107 Å². The van der Waals surface area contributed by atoms with Gasteiger partial charge in [-0.15, -0.1) is 0 Å². The van der Waals surface area contributed by atoms with E-state index in [1.165, 1.54) is 26.4 Å². The zero-order chi connectivity index (χ0) is 23.1. The lowest BCUT2D eigenvalue weighted by Crippen LogP contribution is -2.38. The molecule has 2 N–H and O–H groups in total. The van der Waals surface area contributed by atoms with E-state index in [0.717, 1.165) is 18.4 Å². The van der Waals surface area contributed by atoms with E-state index in [-0.39, 0.29) is 36.4 Å². The SMILES string of the molecule is COc1ccc(COC(=O)Nc2cc(OC)c(OC)cc2C(=O)N2CCCC2CO)cc1. The van der Waals surface area contributed by atoms with Crippen molar-refractivity contribution in [1.29, 1.82) is 0 Å². The van der Waals surface area contributed by atoms with Crippen LogP contribution in [0.2, 0.25) is 0 Å². The molecule has 1 aliphatic rings. The van der Waals surface area contributed by atoms with Crippen LogP contribution in [-0.4, -0.2) is 62.5 Å². The first-order valence-electron chi connectivity index (χ1n) is 10.2. The van der Waals surface area contributed by atoms with Crippen LogP contribution in [0.25, 0.3) is 0 Å². The van der Waals surface area contributed by atoms with E-state index in [4.69, 9.17) is 18.9 Å². The summed E-state index contributed by atoms with van der Waals surface area (Å²) in [5.74, 6) is 1.10. The van der Waals surface area contributed by atoms with Crippen LogP contribution < -0.4 is 19.5 Å². The zero-order valence-corrected chi connectivity index (χ0v) is 18.4. The molecular weight excluding hydrogens is 416 g/mol. The second-order valence-electron chi connectivity index (χ2n) is 7.28. The number of hydrogen-bond donors (Lipinski definition) is 2. The number of rotatable bonds is 8. The number of carbonyl (C=O) groups excluding carboxylic acids is 2. The normalized spacial score (nSPS) is 15.2. The fourth-order valence-electron chi connectivity index (χ4n) is 3.62. The number of anilines is 1. The number of amides is 2. The van der Waals surface area contributed by atoms with Gasteiger partial charge in [-0.25, -0.2) is 4.79 Å². The first-order chi connectivity index (χ1) is 15.5. The Kier molecular flexibility index (Phi) is 7.77. The summed E-state index contributed by atoms with van der Waals surface area (Å²) in [6.07, 6.45) is 0.807. The molecule has 9 heteroatoms. The van der Waals surface area contributed by atoms with Crippen LogP contribution in [-0.2, 0) is 11.3 Å². The van der Waals surface area contributed by atoms with Crippen molar-refractivity contribution in [2.45, 2.75) is 25.5 Å². The number of methoxy groups -OCH3 is 3. The number of likely N-dealkylation sites (tertiary alicyclic amines) is 1. The number of nitrogens with one attached hydrogen (secondary N) is 1. The Hall–Kier alpha value is -3.46. The van der Waals surface area contributed by atoms with Crippen molar-refractivity contribution < 1.29 is 33.6 Å². The van der Waals surface area contributed by atoms with E-state index in [9.17, 15) is 14.7 Å². The number of aliphatic hydroxyl groups is 1. The lowest BCUT2D eigenvalue weighted by molar-refractivity contribution is 0.0678. The molecule has 1 aliphatic heterocycles. The quantitative estimate of drug-likeness (QED) is 0.644. The van der Waals surface area contributed by atoms with Gasteiger partial charge in [-0.2, -0.15) is 0 Å². The molecule has 9 nitrogen and oxygen atoms in total. The van der Waals surface area contributed by atoms with E-state index < -0.39 is 6.09 Å². The number of nitrogens with zero attached hydrogens (tertiary/aromatic N) is 1. The predicted molar refractivity (Wildman–Crippen MR) is 117 cm³/mol. The van der Waals surface area contributed by atoms with Crippen molar-refractivity contribution in [3.63, 3.8) is 0 Å². The van der Waals surface area contributed by atoms with Gasteiger partial charge in [0.05, 0.1) is 45.2 Å². The average Bonchev–Trinajstić information content (AvgIpc) is 3.31. The minimum Gasteiger partial charge on any atom is -0.497 e. The monoisotopic (exact) mass is 444 g/mol. The van der Waals surface area contributed by atoms with E-state index in [2.05, 4.69) is 5.32 Å². The van der Waals surface area contributed by atoms with Gasteiger partial charge in [-0.05, 0) is 36.6 Å². The highest BCUT2D eigenvalue weighted by Crippen LogP contribution is 2.35. The van der Waals surface area contributed by atoms with Crippen LogP contribution >= 0.6 is 0 Å². The molecule has 3 rings (SSSR count). The van der Waals surface area contributed by atoms with Crippen molar-refractivity contribution in [2.24, 2.45) is 0 Å². The van der Waals surface area contributed by atoms with E-state index >= 15 is 0 Å². The number of carbonyl (C=O) groups is 2. The van der Waals surface area contributed by atoms with Gasteiger partial charge in [0.25, 0.3) is 5.91 Å². The van der Waals surface area contributed by atoms with Crippen molar-refractivity contribution in [3.05, 3.63) is 47.5 Å². The lowest BCUT2D eigenvalue weighted by atomic mass is 10.1. The van der Waals surface area contributed by atoms with Gasteiger partial charge in [0.2, 0.25) is 0 Å². The van der Waals surface area contributed by atoms with Crippen LogP contribution in [0.3, 0.4) is 0 Å². The lowest BCUT2D eigenvalue weighted by Gasteiger charge is -2.25. The molecule has 1 fully saturated rings. The Morgan fingerprint density at radius 3 is 2.38 bits per heavy atom. The van der Waals surface area contributed by atoms with E-state index in [0.29, 0.717) is 23.8 Å². The highest BCUT2D eigenvalue weighted by atomic mass is 16.5. The third-order valence-corrected chi connectivity index (χ3v) is 5.37. The van der Waals surface area contributed by atoms with E-state index in [1.54, 1.807) is 36.3 Å². The molecule has 0 aliphatic carbocycles. The second kappa shape index (κ2) is 10.7. The van der Waals surface area contributed by atoms with Crippen LogP contribution in [0, 0.1) is 0 Å². The summed E-state index contributed by atoms with van der Waals surface area (Å²) >= 11 is 0. The number of ether oxygens (including phenoxy) is 4. The highest BCUT2D eigenvalue weighted by molar-refractivity contribution is 6.03. The first kappa shape index (κ1) is 23.2. The molecule has 2 amide bonds. The molecule has 1 heterocycles. The van der Waals surface area contributed by atoms with Gasteiger partial charge in [-0.1, -0.05) is 12.1 Å². The van der Waals surface area contributed by atoms with Crippen molar-refractivity contribution in [1.82, 2.24) is 4.90 Å². The Bertz CT molecular complexity index is 946. The van der Waals surface area contributed by atoms with Gasteiger partial charge in [0, 0.05) is 12.6 Å². The third kappa shape index (κ3) is 5.23. The number of aliphatic hydroxyl groups excluding tert-OH is 1. The first-order valence-corrected chi connectivity index (χ1v) is 10.2. The maximum absolute atomic E-state index is 13.2. The molecule has 0 radical (unpaired) electrons. The molecule has 2 aromatic rings. The van der Waals surface area contributed by atoms with Crippen LogP contribution in [0.5, 0.6) is 17.2 Å². The molecule has 0 saturated carbocycles. The third-order valence-electron chi connectivity index (χ3n) is 5.37. The molecule has 32 heavy (non-hydrogen) atoms. The smallest absolute Gasteiger partial charge is 0.411 e. The van der Waals surface area contributed by atoms with Gasteiger partial charge in [0.15, 0.2) is 11.5 Å². The molecule has 0 aromatic heterocycles. The second-order valence-corrected chi connectivity index (χ2v) is 7.28. The molecule has 1 atom stereocenters. The van der Waals surface area contributed by atoms with Crippen LogP contribution in [0.4, 0.5) is 10.5 Å². The maximum atomic E-state index is 13.2. The summed E-state index contributed by atoms with van der Waals surface area (Å²) in [6, 6.07) is 9.91. The zero-order valence-electron chi connectivity index (χ0n) is 18.4. The molecular formula is C23H28N2O7. The van der Waals surface area contributed by atoms with Gasteiger partial charge in [-0.3, -0.25) is 10.1 Å². The predicted octanol–water partition coefficient (Wildman–Crippen LogP) is 3.06. The molecule has 1 saturated heterocycles. The Balaban J connectivity index is 1.80. The summed E-state index contributed by atoms with van der Waals surface area (Å²) in [7, 11) is 4.51. The maximum Gasteiger partial charge on any atom is 0.411 e. The van der Waals surface area contributed by atoms with Gasteiger partial charge < -0.3 is 29.0 Å². The van der Waals surface area contributed by atoms with Gasteiger partial charge >= 0.3 is 6.09 Å². The van der Waals surface area contributed by atoms with E-state index in [1.807, 2.05) is 0 Å². The standard InChI is InChI=1S/C23H28N2O7/c1-29-17-8-6-15(7-9-17)14-32-23(28)24-19-12-21(31-3)20(30-2)11-18(19)22(27)25-10-4-5-16(25)13-26/h6-9,11-12,16,26H,4-5,10,13-14H2,1-3H3,(H,24,28). The molecule has 0 spiro atoms. The largest absolute Gasteiger partial charge is 0.497 e. The summed E-state index contributed by atoms with van der Waals surface area (Å²) < 4.78 is 21.1. The van der Waals surface area contributed by atoms with Crippen molar-refractivity contribution in [3.8, 4) is 17.2 Å². The molecule has 1 unspecified atom stereocenters. The average molecular weight is 444 g/mol. The van der Waals surface area contributed by atoms with Crippen molar-refractivity contribution >= 4 is 17.7 Å². The summed E-state index contributed by atoms with van der Waals surface area (Å²) in [4.78, 5) is 27.3. The Morgan fingerprint density at radius 1 is 1.06 bits per heavy atom. The highest BCUT2D eigenvalue weighted by Gasteiger charge is 2.31. The summed E-state index contributed by atoms with van der Waals surface area (Å²) in [5, 5.41) is 12.2. The van der Waals surface area contributed by atoms with Crippen molar-refractivity contribution in [2.75, 3.05) is 39.8 Å². The number of benzene rings is 2. The fourth-order valence-corrected chi connectivity index (χ4v) is 3.62.